The van der Waals surface area contributed by atoms with E-state index in [0.717, 1.165) is 17.3 Å². The first-order chi connectivity index (χ1) is 9.44. The Morgan fingerprint density at radius 2 is 2.05 bits per heavy atom. The Kier molecular flexibility index (Phi) is 3.32. The van der Waals surface area contributed by atoms with E-state index in [1.165, 1.54) is 11.1 Å². The van der Waals surface area contributed by atoms with Crippen molar-refractivity contribution in [2.24, 2.45) is 0 Å². The Hall–Kier alpha value is -1.37. The van der Waals surface area contributed by atoms with Crippen molar-refractivity contribution in [1.82, 2.24) is 9.97 Å². The first-order valence-electron chi connectivity index (χ1n) is 6.18. The summed E-state index contributed by atoms with van der Waals surface area (Å²) in [7, 11) is 0. The average Bonchev–Trinajstić information content (AvgIpc) is 3.18. The number of fused-ring (bicyclic) bond motifs is 1. The lowest BCUT2D eigenvalue weighted by molar-refractivity contribution is -0.119. The summed E-state index contributed by atoms with van der Waals surface area (Å²) in [5.74, 6) is 0. The molecule has 20 heavy (non-hydrogen) atoms. The fourth-order valence-electron chi connectivity index (χ4n) is 2.21. The Balaban J connectivity index is 2.06. The summed E-state index contributed by atoms with van der Waals surface area (Å²) in [5, 5.41) is 0. The van der Waals surface area contributed by atoms with Crippen LogP contribution in [0.5, 0.6) is 0 Å². The second kappa shape index (κ2) is 4.87. The highest BCUT2D eigenvalue weighted by Crippen LogP contribution is 2.37. The molecular weight excluding hydrogens is 335 g/mol. The lowest BCUT2D eigenvalue weighted by atomic mass is 10.2. The fraction of sp³-hybridized carbons (Fsp3) is 0.385. The second-order valence-corrected chi connectivity index (χ2v) is 5.74. The molecule has 0 radical (unpaired) electrons. The third-order valence-corrected chi connectivity index (χ3v) is 3.60. The molecule has 7 heteroatoms. The molecule has 1 aliphatic carbocycles. The van der Waals surface area contributed by atoms with E-state index in [2.05, 4.69) is 25.9 Å². The van der Waals surface area contributed by atoms with Crippen LogP contribution in [0.15, 0.2) is 29.0 Å². The van der Waals surface area contributed by atoms with Crippen molar-refractivity contribution in [2.45, 2.75) is 25.1 Å². The Labute approximate surface area is 121 Å². The number of hydrogen-bond donors (Lipinski definition) is 0. The molecule has 1 fully saturated rings. The molecular formula is C13H11BrF3N3. The van der Waals surface area contributed by atoms with Crippen molar-refractivity contribution < 1.29 is 13.2 Å². The predicted molar refractivity (Wildman–Crippen MR) is 73.7 cm³/mol. The molecule has 2 heterocycles. The zero-order chi connectivity index (χ0) is 14.3. The van der Waals surface area contributed by atoms with E-state index in [4.69, 9.17) is 0 Å². The van der Waals surface area contributed by atoms with Gasteiger partial charge in [0.25, 0.3) is 0 Å². The molecule has 0 spiro atoms. The van der Waals surface area contributed by atoms with Gasteiger partial charge in [-0.15, -0.1) is 0 Å². The second-order valence-electron chi connectivity index (χ2n) is 4.83. The molecule has 106 valence electrons. The summed E-state index contributed by atoms with van der Waals surface area (Å²) in [6.45, 7) is -0.950. The van der Waals surface area contributed by atoms with Crippen molar-refractivity contribution in [2.75, 3.05) is 11.4 Å². The molecule has 3 rings (SSSR count). The van der Waals surface area contributed by atoms with Gasteiger partial charge in [-0.2, -0.15) is 13.2 Å². The molecule has 0 N–H and O–H groups in total. The molecule has 2 aromatic heterocycles. The quantitative estimate of drug-likeness (QED) is 0.844. The standard InChI is InChI=1S/C13H11BrF3N3/c14-8-5-10-12(19-6-8)11(3-4-18-10)20(9-1-2-9)7-13(15,16)17/h3-6,9H,1-2,7H2. The summed E-state index contributed by atoms with van der Waals surface area (Å²) in [4.78, 5) is 9.78. The summed E-state index contributed by atoms with van der Waals surface area (Å²) in [6.07, 6.45) is 0.449. The maximum Gasteiger partial charge on any atom is 0.405 e. The van der Waals surface area contributed by atoms with Crippen molar-refractivity contribution in [3.63, 3.8) is 0 Å². The van der Waals surface area contributed by atoms with Gasteiger partial charge in [-0.05, 0) is 40.9 Å². The number of pyridine rings is 2. The third kappa shape index (κ3) is 2.87. The van der Waals surface area contributed by atoms with Crippen LogP contribution < -0.4 is 4.90 Å². The molecule has 0 unspecified atom stereocenters. The number of rotatable bonds is 3. The SMILES string of the molecule is FC(F)(F)CN(c1ccnc2cc(Br)cnc12)C1CC1. The van der Waals surface area contributed by atoms with E-state index in [1.807, 2.05) is 0 Å². The van der Waals surface area contributed by atoms with Gasteiger partial charge in [0.2, 0.25) is 0 Å². The minimum atomic E-state index is -4.23. The van der Waals surface area contributed by atoms with Gasteiger partial charge in [-0.25, -0.2) is 0 Å². The van der Waals surface area contributed by atoms with Crippen LogP contribution in [0.2, 0.25) is 0 Å². The van der Waals surface area contributed by atoms with E-state index in [9.17, 15) is 13.2 Å². The lowest BCUT2D eigenvalue weighted by Gasteiger charge is -2.26. The molecule has 0 saturated heterocycles. The molecule has 1 saturated carbocycles. The highest BCUT2D eigenvalue weighted by Gasteiger charge is 2.38. The van der Waals surface area contributed by atoms with Crippen LogP contribution in [-0.4, -0.2) is 28.7 Å². The first kappa shape index (κ1) is 13.6. The highest BCUT2D eigenvalue weighted by molar-refractivity contribution is 9.10. The van der Waals surface area contributed by atoms with E-state index in [-0.39, 0.29) is 6.04 Å². The maximum absolute atomic E-state index is 12.8. The van der Waals surface area contributed by atoms with Crippen molar-refractivity contribution in [3.8, 4) is 0 Å². The highest BCUT2D eigenvalue weighted by atomic mass is 79.9. The topological polar surface area (TPSA) is 29.0 Å². The number of nitrogens with zero attached hydrogens (tertiary/aromatic N) is 3. The van der Waals surface area contributed by atoms with Gasteiger partial charge < -0.3 is 4.90 Å². The number of anilines is 1. The Morgan fingerprint density at radius 1 is 1.30 bits per heavy atom. The molecule has 0 bridgehead atoms. The third-order valence-electron chi connectivity index (χ3n) is 3.17. The normalized spacial score (nSPS) is 15.6. The van der Waals surface area contributed by atoms with Gasteiger partial charge in [0, 0.05) is 22.9 Å². The van der Waals surface area contributed by atoms with E-state index in [1.54, 1.807) is 18.3 Å². The van der Waals surface area contributed by atoms with Crippen LogP contribution in [0.1, 0.15) is 12.8 Å². The molecule has 0 atom stereocenters. The first-order valence-corrected chi connectivity index (χ1v) is 6.97. The molecule has 1 aliphatic rings. The van der Waals surface area contributed by atoms with Crippen LogP contribution in [0, 0.1) is 0 Å². The maximum atomic E-state index is 12.8. The summed E-state index contributed by atoms with van der Waals surface area (Å²) < 4.78 is 39.0. The minimum Gasteiger partial charge on any atom is -0.358 e. The smallest absolute Gasteiger partial charge is 0.358 e. The van der Waals surface area contributed by atoms with Gasteiger partial charge in [0.05, 0.1) is 11.2 Å². The zero-order valence-electron chi connectivity index (χ0n) is 10.4. The van der Waals surface area contributed by atoms with Crippen LogP contribution in [0.4, 0.5) is 18.9 Å². The number of alkyl halides is 3. The fourth-order valence-corrected chi connectivity index (χ4v) is 2.53. The zero-order valence-corrected chi connectivity index (χ0v) is 11.9. The molecule has 3 nitrogen and oxygen atoms in total. The van der Waals surface area contributed by atoms with Gasteiger partial charge in [-0.1, -0.05) is 0 Å². The van der Waals surface area contributed by atoms with Gasteiger partial charge in [-0.3, -0.25) is 9.97 Å². The van der Waals surface area contributed by atoms with Crippen molar-refractivity contribution in [1.29, 1.82) is 0 Å². The Bertz CT molecular complexity index is 640. The number of aromatic nitrogens is 2. The lowest BCUT2D eigenvalue weighted by Crippen LogP contribution is -2.36. The van der Waals surface area contributed by atoms with Crippen LogP contribution >= 0.6 is 15.9 Å². The Morgan fingerprint density at radius 3 is 2.70 bits per heavy atom. The number of hydrogen-bond acceptors (Lipinski definition) is 3. The summed E-state index contributed by atoms with van der Waals surface area (Å²) in [5.41, 5.74) is 1.60. The summed E-state index contributed by atoms with van der Waals surface area (Å²) in [6, 6.07) is 3.31. The van der Waals surface area contributed by atoms with Gasteiger partial charge in [0.15, 0.2) is 0 Å². The molecule has 0 aromatic carbocycles. The van der Waals surface area contributed by atoms with Crippen molar-refractivity contribution >= 4 is 32.7 Å². The average molecular weight is 346 g/mol. The monoisotopic (exact) mass is 345 g/mol. The van der Waals surface area contributed by atoms with E-state index in [0.29, 0.717) is 16.7 Å². The van der Waals surface area contributed by atoms with Crippen LogP contribution in [0.25, 0.3) is 11.0 Å². The van der Waals surface area contributed by atoms with Crippen LogP contribution in [0.3, 0.4) is 0 Å². The van der Waals surface area contributed by atoms with Gasteiger partial charge in [0.1, 0.15) is 12.1 Å². The number of halogens is 4. The van der Waals surface area contributed by atoms with Gasteiger partial charge >= 0.3 is 6.18 Å². The minimum absolute atomic E-state index is 0.0485. The summed E-state index contributed by atoms with van der Waals surface area (Å²) >= 11 is 3.29. The predicted octanol–water partition coefficient (Wildman–Crippen LogP) is 3.92. The largest absolute Gasteiger partial charge is 0.405 e. The van der Waals surface area contributed by atoms with Crippen LogP contribution in [-0.2, 0) is 0 Å². The van der Waals surface area contributed by atoms with E-state index >= 15 is 0 Å². The van der Waals surface area contributed by atoms with E-state index < -0.39 is 12.7 Å². The molecule has 0 amide bonds. The molecule has 2 aromatic rings. The van der Waals surface area contributed by atoms with Crippen molar-refractivity contribution in [3.05, 3.63) is 29.0 Å². The molecule has 0 aliphatic heterocycles.